The quantitative estimate of drug-likeness (QED) is 0.545. The van der Waals surface area contributed by atoms with Gasteiger partial charge in [-0.25, -0.2) is 4.98 Å². The fourth-order valence-electron chi connectivity index (χ4n) is 2.56. The van der Waals surface area contributed by atoms with Crippen LogP contribution in [-0.2, 0) is 0 Å². The molecule has 0 fully saturated rings. The molecule has 1 aromatic carbocycles. The lowest BCUT2D eigenvalue weighted by molar-refractivity contribution is 0.404. The molecule has 0 aliphatic heterocycles. The zero-order valence-electron chi connectivity index (χ0n) is 13.4. The molecule has 26 heavy (non-hydrogen) atoms. The molecule has 0 atom stereocenters. The van der Waals surface area contributed by atoms with E-state index in [1.54, 1.807) is 29.9 Å². The van der Waals surface area contributed by atoms with Gasteiger partial charge >= 0.3 is 0 Å². The molecule has 128 valence electrons. The summed E-state index contributed by atoms with van der Waals surface area (Å²) in [5.41, 5.74) is 2.49. The number of hydrogen-bond donors (Lipinski definition) is 2. The first-order valence-corrected chi connectivity index (χ1v) is 8.61. The maximum absolute atomic E-state index is 12.6. The van der Waals surface area contributed by atoms with E-state index in [-0.39, 0.29) is 17.1 Å². The standard InChI is InChI=1S/C19H13N3O3S/c23-16-6-4-13(8-17(16)24)15-11-26-19-21-14(9-18(25)22(15)19)5-3-12-2-1-7-20-10-12/h1-11,23-24H. The fourth-order valence-corrected chi connectivity index (χ4v) is 3.47. The summed E-state index contributed by atoms with van der Waals surface area (Å²) >= 11 is 1.33. The summed E-state index contributed by atoms with van der Waals surface area (Å²) in [4.78, 5) is 21.7. The molecule has 0 radical (unpaired) electrons. The molecule has 0 saturated heterocycles. The summed E-state index contributed by atoms with van der Waals surface area (Å²) in [5, 5.41) is 21.0. The Morgan fingerprint density at radius 3 is 2.73 bits per heavy atom. The zero-order chi connectivity index (χ0) is 18.1. The van der Waals surface area contributed by atoms with Crippen molar-refractivity contribution >= 4 is 28.4 Å². The number of fused-ring (bicyclic) bond motifs is 1. The molecule has 2 N–H and O–H groups in total. The lowest BCUT2D eigenvalue weighted by Crippen LogP contribution is -2.13. The largest absolute Gasteiger partial charge is 0.504 e. The van der Waals surface area contributed by atoms with Crippen LogP contribution in [0.25, 0.3) is 28.4 Å². The van der Waals surface area contributed by atoms with Crippen LogP contribution >= 0.6 is 11.3 Å². The van der Waals surface area contributed by atoms with E-state index in [1.807, 2.05) is 18.2 Å². The van der Waals surface area contributed by atoms with Crippen molar-refractivity contribution in [3.63, 3.8) is 0 Å². The Morgan fingerprint density at radius 2 is 1.96 bits per heavy atom. The highest BCUT2D eigenvalue weighted by molar-refractivity contribution is 7.15. The van der Waals surface area contributed by atoms with Gasteiger partial charge in [-0.2, -0.15) is 0 Å². The molecular formula is C19H13N3O3S. The average Bonchev–Trinajstić information content (AvgIpc) is 3.08. The van der Waals surface area contributed by atoms with Gasteiger partial charge in [-0.3, -0.25) is 14.2 Å². The average molecular weight is 363 g/mol. The first-order valence-electron chi connectivity index (χ1n) is 7.73. The lowest BCUT2D eigenvalue weighted by atomic mass is 10.1. The summed E-state index contributed by atoms with van der Waals surface area (Å²) < 4.78 is 1.48. The van der Waals surface area contributed by atoms with Crippen molar-refractivity contribution < 1.29 is 10.2 Å². The van der Waals surface area contributed by atoms with Gasteiger partial charge in [0.15, 0.2) is 16.5 Å². The van der Waals surface area contributed by atoms with Gasteiger partial charge in [0, 0.05) is 29.4 Å². The van der Waals surface area contributed by atoms with Crippen LogP contribution in [-0.4, -0.2) is 24.6 Å². The third-order valence-electron chi connectivity index (χ3n) is 3.83. The summed E-state index contributed by atoms with van der Waals surface area (Å²) in [6.45, 7) is 0. The van der Waals surface area contributed by atoms with E-state index in [4.69, 9.17) is 0 Å². The van der Waals surface area contributed by atoms with E-state index < -0.39 is 0 Å². The second-order valence-corrected chi connectivity index (χ2v) is 6.42. The van der Waals surface area contributed by atoms with E-state index in [9.17, 15) is 15.0 Å². The summed E-state index contributed by atoms with van der Waals surface area (Å²) in [6, 6.07) is 9.64. The summed E-state index contributed by atoms with van der Waals surface area (Å²) in [5.74, 6) is -0.444. The molecule has 4 aromatic rings. The van der Waals surface area contributed by atoms with Crippen LogP contribution < -0.4 is 5.56 Å². The number of aromatic nitrogens is 3. The maximum Gasteiger partial charge on any atom is 0.259 e. The number of phenolic OH excluding ortho intramolecular Hbond substituents is 2. The molecule has 6 nitrogen and oxygen atoms in total. The van der Waals surface area contributed by atoms with Crippen molar-refractivity contribution in [3.05, 3.63) is 75.8 Å². The van der Waals surface area contributed by atoms with E-state index in [1.165, 1.54) is 33.9 Å². The van der Waals surface area contributed by atoms with Crippen molar-refractivity contribution in [3.8, 4) is 22.8 Å². The minimum atomic E-state index is -0.237. The van der Waals surface area contributed by atoms with Crippen molar-refractivity contribution in [2.75, 3.05) is 0 Å². The summed E-state index contributed by atoms with van der Waals surface area (Å²) in [7, 11) is 0. The number of thiazole rings is 1. The van der Waals surface area contributed by atoms with Gasteiger partial charge < -0.3 is 10.2 Å². The molecule has 3 aromatic heterocycles. The monoisotopic (exact) mass is 363 g/mol. The van der Waals surface area contributed by atoms with Crippen LogP contribution in [0, 0.1) is 0 Å². The summed E-state index contributed by atoms with van der Waals surface area (Å²) in [6.07, 6.45) is 7.03. The smallest absolute Gasteiger partial charge is 0.259 e. The number of hydrogen-bond acceptors (Lipinski definition) is 6. The molecule has 0 aliphatic carbocycles. The van der Waals surface area contributed by atoms with Gasteiger partial charge in [0.1, 0.15) is 0 Å². The molecule has 0 spiro atoms. The van der Waals surface area contributed by atoms with Crippen LogP contribution in [0.3, 0.4) is 0 Å². The van der Waals surface area contributed by atoms with Gasteiger partial charge in [-0.15, -0.1) is 11.3 Å². The Morgan fingerprint density at radius 1 is 1.08 bits per heavy atom. The number of pyridine rings is 1. The zero-order valence-corrected chi connectivity index (χ0v) is 14.2. The highest BCUT2D eigenvalue weighted by atomic mass is 32.1. The molecular weight excluding hydrogens is 350 g/mol. The molecule has 7 heteroatoms. The van der Waals surface area contributed by atoms with E-state index in [0.29, 0.717) is 21.9 Å². The molecule has 0 amide bonds. The Kier molecular flexibility index (Phi) is 3.98. The number of nitrogens with zero attached hydrogens (tertiary/aromatic N) is 3. The van der Waals surface area contributed by atoms with Crippen LogP contribution in [0.1, 0.15) is 11.3 Å². The molecule has 0 aliphatic rings. The Balaban J connectivity index is 1.77. The van der Waals surface area contributed by atoms with Crippen LogP contribution in [0.15, 0.2) is 59.0 Å². The number of phenols is 2. The molecule has 0 bridgehead atoms. The molecule has 4 rings (SSSR count). The third kappa shape index (κ3) is 2.96. The van der Waals surface area contributed by atoms with Crippen molar-refractivity contribution in [2.45, 2.75) is 0 Å². The highest BCUT2D eigenvalue weighted by Gasteiger charge is 2.11. The maximum atomic E-state index is 12.6. The normalized spacial score (nSPS) is 11.4. The molecule has 0 unspecified atom stereocenters. The van der Waals surface area contributed by atoms with Crippen molar-refractivity contribution in [2.24, 2.45) is 0 Å². The molecule has 0 saturated carbocycles. The number of benzene rings is 1. The SMILES string of the molecule is O=c1cc(C=Cc2cccnc2)nc2scc(-c3ccc(O)c(O)c3)n12. The van der Waals surface area contributed by atoms with Gasteiger partial charge in [-0.1, -0.05) is 12.1 Å². The highest BCUT2D eigenvalue weighted by Crippen LogP contribution is 2.31. The minimum Gasteiger partial charge on any atom is -0.504 e. The Bertz CT molecular complexity index is 1180. The van der Waals surface area contributed by atoms with E-state index >= 15 is 0 Å². The Labute approximate surface area is 152 Å². The van der Waals surface area contributed by atoms with E-state index in [2.05, 4.69) is 9.97 Å². The predicted molar refractivity (Wildman–Crippen MR) is 101 cm³/mol. The van der Waals surface area contributed by atoms with Crippen LogP contribution in [0.5, 0.6) is 11.5 Å². The second kappa shape index (κ2) is 6.45. The van der Waals surface area contributed by atoms with Gasteiger partial charge in [-0.05, 0) is 35.9 Å². The van der Waals surface area contributed by atoms with Gasteiger partial charge in [0.2, 0.25) is 0 Å². The first-order chi connectivity index (χ1) is 12.6. The molecule has 3 heterocycles. The van der Waals surface area contributed by atoms with Crippen molar-refractivity contribution in [1.29, 1.82) is 0 Å². The van der Waals surface area contributed by atoms with Gasteiger partial charge in [0.05, 0.1) is 11.4 Å². The lowest BCUT2D eigenvalue weighted by Gasteiger charge is -2.04. The van der Waals surface area contributed by atoms with Crippen LogP contribution in [0.2, 0.25) is 0 Å². The second-order valence-electron chi connectivity index (χ2n) is 5.58. The topological polar surface area (TPSA) is 87.7 Å². The number of aromatic hydroxyl groups is 2. The first kappa shape index (κ1) is 16.0. The Hall–Kier alpha value is -3.45. The predicted octanol–water partition coefficient (Wildman–Crippen LogP) is 3.40. The fraction of sp³-hybridized carbons (Fsp3) is 0. The number of rotatable bonds is 3. The van der Waals surface area contributed by atoms with Crippen molar-refractivity contribution in [1.82, 2.24) is 14.4 Å². The van der Waals surface area contributed by atoms with E-state index in [0.717, 1.165) is 5.56 Å². The van der Waals surface area contributed by atoms with Crippen LogP contribution in [0.4, 0.5) is 0 Å². The minimum absolute atomic E-state index is 0.207. The third-order valence-corrected chi connectivity index (χ3v) is 4.65. The van der Waals surface area contributed by atoms with Gasteiger partial charge in [0.25, 0.3) is 5.56 Å².